The van der Waals surface area contributed by atoms with Gasteiger partial charge in [-0.3, -0.25) is 5.32 Å². The molecule has 2 unspecified atom stereocenters. The molecule has 2 atom stereocenters. The summed E-state index contributed by atoms with van der Waals surface area (Å²) in [4.78, 5) is 0.154. The van der Waals surface area contributed by atoms with Crippen LogP contribution in [0.15, 0.2) is 18.2 Å². The molecule has 1 N–H and O–H groups in total. The van der Waals surface area contributed by atoms with Crippen LogP contribution in [0.25, 0.3) is 0 Å². The number of hydrogen-bond donors (Lipinski definition) is 1. The Morgan fingerprint density at radius 3 is 3.06 bits per heavy atom. The third-order valence-corrected chi connectivity index (χ3v) is 5.34. The molecule has 3 rings (SSSR count). The van der Waals surface area contributed by atoms with Crippen LogP contribution in [0.4, 0.5) is 0 Å². The normalized spacial score (nSPS) is 31.5. The van der Waals surface area contributed by atoms with Gasteiger partial charge in [0, 0.05) is 11.8 Å². The molecule has 1 aromatic rings. The second-order valence-electron chi connectivity index (χ2n) is 5.01. The number of benzene rings is 1. The van der Waals surface area contributed by atoms with Gasteiger partial charge in [0.15, 0.2) is 0 Å². The minimum atomic E-state index is 0.154. The first-order valence-electron chi connectivity index (χ1n) is 6.34. The predicted molar refractivity (Wildman–Crippen MR) is 72.7 cm³/mol. The first-order chi connectivity index (χ1) is 8.23. The molecule has 2 nitrogen and oxygen atoms in total. The molecule has 1 aliphatic carbocycles. The van der Waals surface area contributed by atoms with Crippen LogP contribution in [-0.2, 0) is 11.3 Å². The van der Waals surface area contributed by atoms with Gasteiger partial charge in [0.25, 0.3) is 0 Å². The van der Waals surface area contributed by atoms with Crippen molar-refractivity contribution in [2.45, 2.75) is 36.3 Å². The lowest BCUT2D eigenvalue weighted by Gasteiger charge is -2.35. The van der Waals surface area contributed by atoms with E-state index in [1.807, 2.05) is 0 Å². The van der Waals surface area contributed by atoms with Gasteiger partial charge in [-0.15, -0.1) is 11.8 Å². The summed E-state index contributed by atoms with van der Waals surface area (Å²) in [5.41, 5.74) is 2.95. The molecule has 0 saturated carbocycles. The summed E-state index contributed by atoms with van der Waals surface area (Å²) in [5, 5.41) is 4.44. The number of aryl methyl sites for hydroxylation is 1. The molecule has 0 amide bonds. The quantitative estimate of drug-likeness (QED) is 0.827. The average molecular weight is 249 g/mol. The summed E-state index contributed by atoms with van der Waals surface area (Å²) in [6.45, 7) is 3.42. The minimum Gasteiger partial charge on any atom is -0.497 e. The lowest BCUT2D eigenvalue weighted by Crippen LogP contribution is -2.37. The van der Waals surface area contributed by atoms with Crippen LogP contribution >= 0.6 is 11.8 Å². The Hall–Kier alpha value is -0.670. The van der Waals surface area contributed by atoms with Crippen molar-refractivity contribution in [2.75, 3.05) is 13.7 Å². The topological polar surface area (TPSA) is 21.3 Å². The maximum absolute atomic E-state index is 5.37. The van der Waals surface area contributed by atoms with E-state index in [9.17, 15) is 0 Å². The molecule has 17 heavy (non-hydrogen) atoms. The number of fused-ring (bicyclic) bond motifs is 2. The Bertz CT molecular complexity index is 434. The molecule has 1 heterocycles. The second-order valence-corrected chi connectivity index (χ2v) is 6.75. The highest BCUT2D eigenvalue weighted by Gasteiger charge is 2.42. The van der Waals surface area contributed by atoms with Crippen molar-refractivity contribution in [1.82, 2.24) is 5.32 Å². The molecular weight excluding hydrogens is 230 g/mol. The van der Waals surface area contributed by atoms with Crippen LogP contribution in [0, 0.1) is 0 Å². The van der Waals surface area contributed by atoms with Crippen molar-refractivity contribution >= 4 is 11.8 Å². The van der Waals surface area contributed by atoms with E-state index >= 15 is 0 Å². The smallest absolute Gasteiger partial charge is 0.119 e. The summed E-state index contributed by atoms with van der Waals surface area (Å²) >= 11 is 2.08. The Balaban J connectivity index is 2.06. The van der Waals surface area contributed by atoms with Crippen LogP contribution in [0.3, 0.4) is 0 Å². The van der Waals surface area contributed by atoms with E-state index in [4.69, 9.17) is 4.74 Å². The fraction of sp³-hybridized carbons (Fsp3) is 0.571. The largest absolute Gasteiger partial charge is 0.497 e. The summed E-state index contributed by atoms with van der Waals surface area (Å²) < 4.78 is 5.37. The van der Waals surface area contributed by atoms with Crippen LogP contribution in [0.5, 0.6) is 5.75 Å². The van der Waals surface area contributed by atoms with Crippen LogP contribution in [-0.4, -0.2) is 18.9 Å². The summed E-state index contributed by atoms with van der Waals surface area (Å²) in [6, 6.07) is 6.55. The predicted octanol–water partition coefficient (Wildman–Crippen LogP) is 2.91. The van der Waals surface area contributed by atoms with Crippen molar-refractivity contribution in [2.24, 2.45) is 0 Å². The lowest BCUT2D eigenvalue weighted by molar-refractivity contribution is 0.405. The molecule has 0 bridgehead atoms. The molecule has 92 valence electrons. The molecule has 2 aliphatic rings. The fourth-order valence-corrected chi connectivity index (χ4v) is 4.58. The Morgan fingerprint density at radius 2 is 2.35 bits per heavy atom. The summed E-state index contributed by atoms with van der Waals surface area (Å²) in [7, 11) is 1.75. The third-order valence-electron chi connectivity index (χ3n) is 3.80. The van der Waals surface area contributed by atoms with Gasteiger partial charge in [0.2, 0.25) is 0 Å². The maximum Gasteiger partial charge on any atom is 0.119 e. The van der Waals surface area contributed by atoms with Gasteiger partial charge in [0.05, 0.1) is 12.0 Å². The first kappa shape index (κ1) is 11.4. The van der Waals surface area contributed by atoms with Crippen LogP contribution in [0.1, 0.15) is 30.9 Å². The van der Waals surface area contributed by atoms with Crippen molar-refractivity contribution in [1.29, 1.82) is 0 Å². The number of ether oxygens (including phenoxy) is 1. The highest BCUT2D eigenvalue weighted by Crippen LogP contribution is 2.49. The molecule has 1 spiro atoms. The van der Waals surface area contributed by atoms with Gasteiger partial charge in [-0.05, 0) is 42.5 Å². The number of rotatable bonds is 1. The number of hydrogen-bond acceptors (Lipinski definition) is 3. The molecule has 3 heteroatoms. The monoisotopic (exact) mass is 249 g/mol. The second kappa shape index (κ2) is 4.21. The Morgan fingerprint density at radius 1 is 1.47 bits per heavy atom. The lowest BCUT2D eigenvalue weighted by atomic mass is 9.87. The highest BCUT2D eigenvalue weighted by atomic mass is 32.2. The minimum absolute atomic E-state index is 0.154. The van der Waals surface area contributed by atoms with Gasteiger partial charge < -0.3 is 4.74 Å². The molecule has 1 aromatic carbocycles. The van der Waals surface area contributed by atoms with Gasteiger partial charge >= 0.3 is 0 Å². The van der Waals surface area contributed by atoms with Gasteiger partial charge in [-0.2, -0.15) is 0 Å². The SMILES string of the molecule is COc1ccc2c(c1)C1(CCC2)NCC(C)S1. The van der Waals surface area contributed by atoms with Crippen LogP contribution in [0.2, 0.25) is 0 Å². The standard InChI is InChI=1S/C14H19NOS/c1-10-9-15-14(17-10)7-3-4-11-5-6-12(16-2)8-13(11)14/h5-6,8,10,15H,3-4,7,9H2,1-2H3. The van der Waals surface area contributed by atoms with Crippen LogP contribution < -0.4 is 10.1 Å². The molecule has 1 aliphatic heterocycles. The molecule has 0 radical (unpaired) electrons. The first-order valence-corrected chi connectivity index (χ1v) is 7.22. The van der Waals surface area contributed by atoms with Crippen molar-refractivity contribution < 1.29 is 4.74 Å². The van der Waals surface area contributed by atoms with Crippen molar-refractivity contribution in [3.63, 3.8) is 0 Å². The fourth-order valence-electron chi connectivity index (χ4n) is 2.98. The van der Waals surface area contributed by atoms with E-state index in [1.54, 1.807) is 7.11 Å². The highest BCUT2D eigenvalue weighted by molar-refractivity contribution is 8.01. The van der Waals surface area contributed by atoms with E-state index < -0.39 is 0 Å². The molecule has 1 fully saturated rings. The van der Waals surface area contributed by atoms with Gasteiger partial charge in [-0.1, -0.05) is 13.0 Å². The average Bonchev–Trinajstić information content (AvgIpc) is 2.72. The van der Waals surface area contributed by atoms with E-state index in [-0.39, 0.29) is 4.87 Å². The number of nitrogens with one attached hydrogen (secondary N) is 1. The zero-order chi connectivity index (χ0) is 11.9. The van der Waals surface area contributed by atoms with Crippen molar-refractivity contribution in [3.8, 4) is 5.75 Å². The maximum atomic E-state index is 5.37. The van der Waals surface area contributed by atoms with E-state index in [0.29, 0.717) is 5.25 Å². The van der Waals surface area contributed by atoms with Crippen molar-refractivity contribution in [3.05, 3.63) is 29.3 Å². The van der Waals surface area contributed by atoms with E-state index in [2.05, 4.69) is 42.2 Å². The number of methoxy groups -OCH3 is 1. The third kappa shape index (κ3) is 1.85. The number of thioether (sulfide) groups is 1. The van der Waals surface area contributed by atoms with E-state index in [1.165, 1.54) is 30.4 Å². The summed E-state index contributed by atoms with van der Waals surface area (Å²) in [6.07, 6.45) is 3.73. The van der Waals surface area contributed by atoms with Gasteiger partial charge in [0.1, 0.15) is 5.75 Å². The zero-order valence-corrected chi connectivity index (χ0v) is 11.3. The molecule has 0 aromatic heterocycles. The van der Waals surface area contributed by atoms with Gasteiger partial charge in [-0.25, -0.2) is 0 Å². The Kier molecular flexibility index (Phi) is 2.83. The zero-order valence-electron chi connectivity index (χ0n) is 10.5. The molecule has 1 saturated heterocycles. The Labute approximate surface area is 107 Å². The van der Waals surface area contributed by atoms with E-state index in [0.717, 1.165) is 12.3 Å². The summed E-state index contributed by atoms with van der Waals surface area (Å²) in [5.74, 6) is 0.979. The molecular formula is C14H19NOS.